The molecular weight excluding hydrogens is 296 g/mol. The molecule has 1 amide bonds. The molecule has 0 bridgehead atoms. The number of hydrogen-bond donors (Lipinski definition) is 1. The number of hydrogen-bond acceptors (Lipinski definition) is 4. The van der Waals surface area contributed by atoms with Crippen LogP contribution in [0, 0.1) is 12.8 Å². The summed E-state index contributed by atoms with van der Waals surface area (Å²) < 4.78 is 0. The molecule has 1 aliphatic heterocycles. The van der Waals surface area contributed by atoms with Gasteiger partial charge in [-0.15, -0.1) is 11.3 Å². The first-order chi connectivity index (χ1) is 10.7. The molecule has 1 saturated heterocycles. The first-order valence-corrected chi connectivity index (χ1v) is 8.39. The van der Waals surface area contributed by atoms with Crippen LogP contribution in [-0.2, 0) is 6.42 Å². The van der Waals surface area contributed by atoms with Gasteiger partial charge in [0.25, 0.3) is 5.91 Å². The van der Waals surface area contributed by atoms with E-state index < -0.39 is 0 Å². The zero-order valence-electron chi connectivity index (χ0n) is 12.7. The molecular formula is C17H20N2O2S. The first-order valence-electron chi connectivity index (χ1n) is 7.57. The van der Waals surface area contributed by atoms with Crippen molar-refractivity contribution in [2.45, 2.75) is 19.8 Å². The SMILES string of the molecule is Cc1nc(Cc2ccccc2)sc1C(=O)N1CCC(CO)C1. The summed E-state index contributed by atoms with van der Waals surface area (Å²) in [5.74, 6) is 0.284. The predicted octanol–water partition coefficient (Wildman–Crippen LogP) is 2.50. The van der Waals surface area contributed by atoms with E-state index in [4.69, 9.17) is 0 Å². The minimum atomic E-state index is 0.0604. The number of nitrogens with zero attached hydrogens (tertiary/aromatic N) is 2. The normalized spacial score (nSPS) is 17.9. The highest BCUT2D eigenvalue weighted by Gasteiger charge is 2.28. The third-order valence-electron chi connectivity index (χ3n) is 4.06. The van der Waals surface area contributed by atoms with Crippen LogP contribution in [0.4, 0.5) is 0 Å². The molecule has 0 aliphatic carbocycles. The Morgan fingerprint density at radius 2 is 2.18 bits per heavy atom. The Labute approximate surface area is 134 Å². The van der Waals surface area contributed by atoms with Crippen molar-refractivity contribution in [2.24, 2.45) is 5.92 Å². The second kappa shape index (κ2) is 6.58. The average molecular weight is 316 g/mol. The molecule has 0 radical (unpaired) electrons. The van der Waals surface area contributed by atoms with Crippen LogP contribution in [0.5, 0.6) is 0 Å². The van der Waals surface area contributed by atoms with Gasteiger partial charge in [0.2, 0.25) is 0 Å². The second-order valence-corrected chi connectivity index (χ2v) is 6.86. The lowest BCUT2D eigenvalue weighted by molar-refractivity contribution is 0.0785. The Morgan fingerprint density at radius 1 is 1.41 bits per heavy atom. The van der Waals surface area contributed by atoms with Crippen molar-refractivity contribution in [1.29, 1.82) is 0 Å². The molecule has 4 nitrogen and oxygen atoms in total. The van der Waals surface area contributed by atoms with Crippen LogP contribution < -0.4 is 0 Å². The van der Waals surface area contributed by atoms with Crippen molar-refractivity contribution < 1.29 is 9.90 Å². The van der Waals surface area contributed by atoms with Gasteiger partial charge in [-0.1, -0.05) is 30.3 Å². The highest BCUT2D eigenvalue weighted by molar-refractivity contribution is 7.13. The van der Waals surface area contributed by atoms with Gasteiger partial charge in [0.15, 0.2) is 0 Å². The van der Waals surface area contributed by atoms with Crippen LogP contribution in [0.15, 0.2) is 30.3 Å². The van der Waals surface area contributed by atoms with Crippen LogP contribution >= 0.6 is 11.3 Å². The first kappa shape index (κ1) is 15.2. The van der Waals surface area contributed by atoms with Crippen LogP contribution in [0.3, 0.4) is 0 Å². The number of aliphatic hydroxyl groups excluding tert-OH is 1. The summed E-state index contributed by atoms with van der Waals surface area (Å²) in [6, 6.07) is 10.2. The molecule has 5 heteroatoms. The molecule has 3 rings (SSSR count). The number of carbonyl (C=O) groups is 1. The fourth-order valence-electron chi connectivity index (χ4n) is 2.81. The molecule has 22 heavy (non-hydrogen) atoms. The number of thiazole rings is 1. The number of benzene rings is 1. The summed E-state index contributed by atoms with van der Waals surface area (Å²) in [5, 5.41) is 10.2. The molecule has 1 N–H and O–H groups in total. The van der Waals surface area contributed by atoms with Gasteiger partial charge in [-0.3, -0.25) is 4.79 Å². The zero-order valence-corrected chi connectivity index (χ0v) is 13.5. The van der Waals surface area contributed by atoms with Gasteiger partial charge in [0, 0.05) is 32.0 Å². The number of aromatic nitrogens is 1. The van der Waals surface area contributed by atoms with Crippen molar-refractivity contribution in [1.82, 2.24) is 9.88 Å². The quantitative estimate of drug-likeness (QED) is 0.943. The van der Waals surface area contributed by atoms with Crippen molar-refractivity contribution in [3.63, 3.8) is 0 Å². The molecule has 2 aromatic rings. The largest absolute Gasteiger partial charge is 0.396 e. The standard InChI is InChI=1S/C17H20N2O2S/c1-12-16(17(21)19-8-7-14(10-19)11-20)22-15(18-12)9-13-5-3-2-4-6-13/h2-6,14,20H,7-11H2,1H3. The van der Waals surface area contributed by atoms with Crippen molar-refractivity contribution in [3.8, 4) is 0 Å². The maximum absolute atomic E-state index is 12.6. The molecule has 1 aromatic carbocycles. The van der Waals surface area contributed by atoms with Crippen LogP contribution in [0.25, 0.3) is 0 Å². The van der Waals surface area contributed by atoms with E-state index in [0.29, 0.717) is 6.54 Å². The minimum Gasteiger partial charge on any atom is -0.396 e. The molecule has 1 unspecified atom stereocenters. The van der Waals surface area contributed by atoms with Gasteiger partial charge < -0.3 is 10.0 Å². The van der Waals surface area contributed by atoms with E-state index in [1.165, 1.54) is 16.9 Å². The monoisotopic (exact) mass is 316 g/mol. The van der Waals surface area contributed by atoms with E-state index in [2.05, 4.69) is 17.1 Å². The van der Waals surface area contributed by atoms with Gasteiger partial charge in [-0.25, -0.2) is 4.98 Å². The van der Waals surface area contributed by atoms with Crippen molar-refractivity contribution in [2.75, 3.05) is 19.7 Å². The number of aryl methyl sites for hydroxylation is 1. The molecule has 1 aromatic heterocycles. The fourth-order valence-corrected chi connectivity index (χ4v) is 3.87. The summed E-state index contributed by atoms with van der Waals surface area (Å²) in [6.07, 6.45) is 1.65. The molecule has 1 aliphatic rings. The molecule has 1 atom stereocenters. The third kappa shape index (κ3) is 3.20. The Balaban J connectivity index is 1.73. The van der Waals surface area contributed by atoms with E-state index in [9.17, 15) is 9.90 Å². The van der Waals surface area contributed by atoms with Gasteiger partial charge >= 0.3 is 0 Å². The van der Waals surface area contributed by atoms with Gasteiger partial charge in [0.05, 0.1) is 10.7 Å². The van der Waals surface area contributed by atoms with E-state index in [0.717, 1.165) is 35.0 Å². The Kier molecular flexibility index (Phi) is 4.55. The summed E-state index contributed by atoms with van der Waals surface area (Å²) in [5.41, 5.74) is 2.02. The summed E-state index contributed by atoms with van der Waals surface area (Å²) >= 11 is 1.49. The van der Waals surface area contributed by atoms with Crippen molar-refractivity contribution in [3.05, 3.63) is 51.5 Å². The van der Waals surface area contributed by atoms with Gasteiger partial charge in [0.1, 0.15) is 4.88 Å². The topological polar surface area (TPSA) is 53.4 Å². The number of carbonyl (C=O) groups excluding carboxylic acids is 1. The van der Waals surface area contributed by atoms with Crippen LogP contribution in [0.1, 0.15) is 32.4 Å². The Bertz CT molecular complexity index is 654. The summed E-state index contributed by atoms with van der Waals surface area (Å²) in [7, 11) is 0. The average Bonchev–Trinajstić information content (AvgIpc) is 3.14. The Hall–Kier alpha value is -1.72. The van der Waals surface area contributed by atoms with Crippen LogP contribution in [-0.4, -0.2) is 40.6 Å². The smallest absolute Gasteiger partial charge is 0.265 e. The zero-order chi connectivity index (χ0) is 15.5. The lowest BCUT2D eigenvalue weighted by Gasteiger charge is -2.15. The number of amides is 1. The van der Waals surface area contributed by atoms with E-state index in [1.807, 2.05) is 30.0 Å². The maximum Gasteiger partial charge on any atom is 0.265 e. The molecule has 1 fully saturated rings. The van der Waals surface area contributed by atoms with E-state index in [1.54, 1.807) is 0 Å². The summed E-state index contributed by atoms with van der Waals surface area (Å²) in [4.78, 5) is 19.8. The fraction of sp³-hybridized carbons (Fsp3) is 0.412. The highest BCUT2D eigenvalue weighted by Crippen LogP contribution is 2.25. The lowest BCUT2D eigenvalue weighted by atomic mass is 10.1. The molecule has 2 heterocycles. The van der Waals surface area contributed by atoms with Gasteiger partial charge in [-0.05, 0) is 18.9 Å². The van der Waals surface area contributed by atoms with Gasteiger partial charge in [-0.2, -0.15) is 0 Å². The predicted molar refractivity (Wildman–Crippen MR) is 87.2 cm³/mol. The maximum atomic E-state index is 12.6. The van der Waals surface area contributed by atoms with E-state index >= 15 is 0 Å². The number of aliphatic hydroxyl groups is 1. The highest BCUT2D eigenvalue weighted by atomic mass is 32.1. The van der Waals surface area contributed by atoms with Crippen molar-refractivity contribution >= 4 is 17.2 Å². The summed E-state index contributed by atoms with van der Waals surface area (Å²) in [6.45, 7) is 3.44. The number of likely N-dealkylation sites (tertiary alicyclic amines) is 1. The minimum absolute atomic E-state index is 0.0604. The second-order valence-electron chi connectivity index (χ2n) is 5.77. The number of rotatable bonds is 4. The molecule has 0 spiro atoms. The lowest BCUT2D eigenvalue weighted by Crippen LogP contribution is -2.29. The van der Waals surface area contributed by atoms with Crippen LogP contribution in [0.2, 0.25) is 0 Å². The molecule has 116 valence electrons. The molecule has 0 saturated carbocycles. The van der Waals surface area contributed by atoms with E-state index in [-0.39, 0.29) is 18.4 Å². The Morgan fingerprint density at radius 3 is 2.86 bits per heavy atom. The third-order valence-corrected chi connectivity index (χ3v) is 5.21.